The Hall–Kier alpha value is -1.31. The molecule has 0 saturated carbocycles. The molecule has 2 bridgehead atoms. The largest absolute Gasteiger partial charge is 0.507 e. The molecule has 9 heavy (non-hydrogen) atoms. The van der Waals surface area contributed by atoms with Crippen molar-refractivity contribution in [3.05, 3.63) is 29.3 Å². The molecule has 0 aliphatic heterocycles. The average molecular weight is 120 g/mol. The summed E-state index contributed by atoms with van der Waals surface area (Å²) in [6.45, 7) is 0. The maximum atomic E-state index is 10.7. The van der Waals surface area contributed by atoms with Gasteiger partial charge in [0.05, 0.1) is 5.56 Å². The summed E-state index contributed by atoms with van der Waals surface area (Å²) in [5.74, 6) is 0.0602. The number of hydrogen-bond acceptors (Lipinski definition) is 2. The maximum absolute atomic E-state index is 10.7. The molecule has 0 fully saturated rings. The van der Waals surface area contributed by atoms with Crippen molar-refractivity contribution in [1.29, 1.82) is 0 Å². The first-order chi connectivity index (χ1) is 4.29. The van der Waals surface area contributed by atoms with Crippen LogP contribution in [0.25, 0.3) is 0 Å². The van der Waals surface area contributed by atoms with E-state index in [1.54, 1.807) is 12.1 Å². The number of phenolic OH excluding ortho intramolecular Hbond substituents is 1. The molecule has 1 N–H and O–H groups in total. The van der Waals surface area contributed by atoms with Gasteiger partial charge in [0.1, 0.15) is 5.75 Å². The van der Waals surface area contributed by atoms with Crippen molar-refractivity contribution in [2.75, 3.05) is 0 Å². The van der Waals surface area contributed by atoms with Crippen LogP contribution in [0, 0.1) is 0 Å². The van der Waals surface area contributed by atoms with Crippen molar-refractivity contribution in [1.82, 2.24) is 0 Å². The van der Waals surface area contributed by atoms with E-state index in [4.69, 9.17) is 5.11 Å². The number of ketones is 1. The lowest BCUT2D eigenvalue weighted by atomic mass is 9.91. The van der Waals surface area contributed by atoms with Crippen molar-refractivity contribution in [3.63, 3.8) is 0 Å². The second-order valence-corrected chi connectivity index (χ2v) is 2.06. The SMILES string of the molecule is O=C1c2ccc(O)c1c2. The van der Waals surface area contributed by atoms with Gasteiger partial charge in [-0.15, -0.1) is 0 Å². The molecule has 2 heteroatoms. The molecule has 2 aliphatic rings. The van der Waals surface area contributed by atoms with Gasteiger partial charge in [-0.05, 0) is 18.2 Å². The van der Waals surface area contributed by atoms with Crippen LogP contribution in [0.5, 0.6) is 5.75 Å². The highest BCUT2D eigenvalue weighted by molar-refractivity contribution is 6.17. The van der Waals surface area contributed by atoms with Crippen LogP contribution in [0.15, 0.2) is 18.2 Å². The molecular formula is C7H4O2. The van der Waals surface area contributed by atoms with Gasteiger partial charge in [-0.1, -0.05) is 0 Å². The average Bonchev–Trinajstić information content (AvgIpc) is 1.86. The van der Waals surface area contributed by atoms with Crippen molar-refractivity contribution in [2.24, 2.45) is 0 Å². The molecule has 0 spiro atoms. The number of hydrogen-bond donors (Lipinski definition) is 1. The number of carbonyl (C=O) groups is 1. The smallest absolute Gasteiger partial charge is 0.196 e. The molecule has 0 amide bonds. The van der Waals surface area contributed by atoms with E-state index in [1.165, 1.54) is 6.07 Å². The Morgan fingerprint density at radius 1 is 1.33 bits per heavy atom. The van der Waals surface area contributed by atoms with E-state index in [9.17, 15) is 4.79 Å². The van der Waals surface area contributed by atoms with Gasteiger partial charge < -0.3 is 5.11 Å². The zero-order valence-electron chi connectivity index (χ0n) is 4.59. The summed E-state index contributed by atoms with van der Waals surface area (Å²) in [7, 11) is 0. The van der Waals surface area contributed by atoms with Gasteiger partial charge in [0.15, 0.2) is 5.78 Å². The van der Waals surface area contributed by atoms with E-state index in [0.29, 0.717) is 11.1 Å². The maximum Gasteiger partial charge on any atom is 0.196 e. The minimum absolute atomic E-state index is 0.0324. The van der Waals surface area contributed by atoms with Gasteiger partial charge >= 0.3 is 0 Å². The van der Waals surface area contributed by atoms with E-state index in [0.717, 1.165) is 0 Å². The number of aromatic hydroxyl groups is 1. The van der Waals surface area contributed by atoms with Crippen LogP contribution in [0.1, 0.15) is 15.9 Å². The zero-order chi connectivity index (χ0) is 6.43. The molecule has 1 aromatic carbocycles. The van der Waals surface area contributed by atoms with Crippen LogP contribution in [0.3, 0.4) is 0 Å². The van der Waals surface area contributed by atoms with Crippen LogP contribution >= 0.6 is 0 Å². The van der Waals surface area contributed by atoms with Crippen LogP contribution in [-0.2, 0) is 0 Å². The van der Waals surface area contributed by atoms with E-state index in [2.05, 4.69) is 0 Å². The number of rotatable bonds is 0. The summed E-state index contributed by atoms with van der Waals surface area (Å²) in [6.07, 6.45) is 0. The van der Waals surface area contributed by atoms with Crippen LogP contribution in [0.2, 0.25) is 0 Å². The quantitative estimate of drug-likeness (QED) is 0.561. The fraction of sp³-hybridized carbons (Fsp3) is 0. The third-order valence-corrected chi connectivity index (χ3v) is 1.50. The zero-order valence-corrected chi connectivity index (χ0v) is 4.59. The number of phenols is 1. The molecule has 2 aliphatic carbocycles. The first-order valence-corrected chi connectivity index (χ1v) is 2.67. The highest BCUT2D eigenvalue weighted by atomic mass is 16.3. The van der Waals surface area contributed by atoms with Crippen molar-refractivity contribution >= 4 is 5.78 Å². The molecule has 0 unspecified atom stereocenters. The summed E-state index contributed by atoms with van der Waals surface area (Å²) in [5.41, 5.74) is 1.15. The fourth-order valence-electron chi connectivity index (χ4n) is 0.937. The highest BCUT2D eigenvalue weighted by Gasteiger charge is 2.23. The summed E-state index contributed by atoms with van der Waals surface area (Å²) in [6, 6.07) is 4.83. The van der Waals surface area contributed by atoms with Gasteiger partial charge in [0.25, 0.3) is 0 Å². The van der Waals surface area contributed by atoms with E-state index in [1.807, 2.05) is 0 Å². The van der Waals surface area contributed by atoms with Crippen molar-refractivity contribution < 1.29 is 9.90 Å². The summed E-state index contributed by atoms with van der Waals surface area (Å²) in [5, 5.41) is 8.91. The predicted octanol–water partition coefficient (Wildman–Crippen LogP) is 0.937. The Bertz CT molecular complexity index is 285. The molecule has 0 atom stereocenters. The lowest BCUT2D eigenvalue weighted by molar-refractivity contribution is 0.102. The Morgan fingerprint density at radius 2 is 2.11 bits per heavy atom. The van der Waals surface area contributed by atoms with Gasteiger partial charge in [0.2, 0.25) is 0 Å². The molecule has 44 valence electrons. The Labute approximate surface area is 51.7 Å². The van der Waals surface area contributed by atoms with Gasteiger partial charge in [-0.3, -0.25) is 4.79 Å². The first-order valence-electron chi connectivity index (χ1n) is 2.67. The second-order valence-electron chi connectivity index (χ2n) is 2.06. The molecule has 0 aromatic heterocycles. The first kappa shape index (κ1) is 4.56. The third kappa shape index (κ3) is 0.380. The minimum Gasteiger partial charge on any atom is -0.507 e. The fourth-order valence-corrected chi connectivity index (χ4v) is 0.937. The van der Waals surface area contributed by atoms with Crippen LogP contribution < -0.4 is 0 Å². The Balaban J connectivity index is 2.78. The van der Waals surface area contributed by atoms with E-state index >= 15 is 0 Å². The number of carbonyl (C=O) groups excluding carboxylic acids is 1. The molecule has 1 aromatic rings. The Morgan fingerprint density at radius 3 is 2.44 bits per heavy atom. The molecule has 2 nitrogen and oxygen atoms in total. The highest BCUT2D eigenvalue weighted by Crippen LogP contribution is 2.29. The normalized spacial score (nSPS) is 13.1. The number of fused-ring (bicyclic) bond motifs is 2. The summed E-state index contributed by atoms with van der Waals surface area (Å²) in [4.78, 5) is 10.7. The van der Waals surface area contributed by atoms with E-state index in [-0.39, 0.29) is 11.5 Å². The number of benzene rings is 1. The minimum atomic E-state index is -0.0324. The van der Waals surface area contributed by atoms with Crippen molar-refractivity contribution in [3.8, 4) is 5.75 Å². The molecule has 0 radical (unpaired) electrons. The van der Waals surface area contributed by atoms with Gasteiger partial charge in [0, 0.05) is 5.56 Å². The van der Waals surface area contributed by atoms with Gasteiger partial charge in [-0.25, -0.2) is 0 Å². The Kier molecular flexibility index (Phi) is 0.585. The third-order valence-electron chi connectivity index (χ3n) is 1.50. The van der Waals surface area contributed by atoms with Crippen LogP contribution in [-0.4, -0.2) is 10.9 Å². The summed E-state index contributed by atoms with van der Waals surface area (Å²) < 4.78 is 0. The second kappa shape index (κ2) is 1.16. The molecule has 0 heterocycles. The van der Waals surface area contributed by atoms with E-state index < -0.39 is 0 Å². The van der Waals surface area contributed by atoms with Gasteiger partial charge in [-0.2, -0.15) is 0 Å². The topological polar surface area (TPSA) is 37.3 Å². The molecule has 3 rings (SSSR count). The standard InChI is InChI=1S/C7H4O2/c8-6-2-1-4-3-5(6)7(4)9/h1-3,8H. The van der Waals surface area contributed by atoms with Crippen molar-refractivity contribution in [2.45, 2.75) is 0 Å². The lowest BCUT2D eigenvalue weighted by Gasteiger charge is -2.12. The summed E-state index contributed by atoms with van der Waals surface area (Å²) >= 11 is 0. The molecular weight excluding hydrogens is 116 g/mol. The molecule has 0 saturated heterocycles. The lowest BCUT2D eigenvalue weighted by Crippen LogP contribution is -2.11. The monoisotopic (exact) mass is 120 g/mol. The van der Waals surface area contributed by atoms with Crippen LogP contribution in [0.4, 0.5) is 0 Å². The predicted molar refractivity (Wildman–Crippen MR) is 31.5 cm³/mol.